The van der Waals surface area contributed by atoms with Gasteiger partial charge in [-0.2, -0.15) is 9.90 Å². The number of para-hydroxylation sites is 1. The number of amides is 1. The highest BCUT2D eigenvalue weighted by molar-refractivity contribution is 5.89. The van der Waals surface area contributed by atoms with E-state index in [1.54, 1.807) is 14.2 Å². The number of benzene rings is 1. The fourth-order valence-corrected chi connectivity index (χ4v) is 1.77. The Labute approximate surface area is 111 Å². The van der Waals surface area contributed by atoms with Crippen LogP contribution in [-0.4, -0.2) is 28.0 Å². The molecule has 1 aromatic heterocycles. The molecule has 0 spiro atoms. The third-order valence-corrected chi connectivity index (χ3v) is 2.68. The summed E-state index contributed by atoms with van der Waals surface area (Å²) in [4.78, 5) is 13.2. The molecule has 2 aromatic rings. The largest absolute Gasteiger partial charge is 0.496 e. The maximum absolute atomic E-state index is 11.8. The molecule has 19 heavy (non-hydrogen) atoms. The summed E-state index contributed by atoms with van der Waals surface area (Å²) in [7, 11) is 3.32. The Morgan fingerprint density at radius 1 is 1.42 bits per heavy atom. The first-order chi connectivity index (χ1) is 9.19. The number of hydrogen-bond donors (Lipinski definition) is 1. The van der Waals surface area contributed by atoms with Crippen LogP contribution in [0.25, 0.3) is 0 Å². The number of rotatable bonds is 5. The molecule has 1 N–H and O–H groups in total. The molecular formula is C13H16N4O2. The second kappa shape index (κ2) is 5.99. The molecule has 6 heteroatoms. The maximum atomic E-state index is 11.8. The van der Waals surface area contributed by atoms with Crippen molar-refractivity contribution in [1.29, 1.82) is 0 Å². The van der Waals surface area contributed by atoms with Gasteiger partial charge in [-0.05, 0) is 18.1 Å². The van der Waals surface area contributed by atoms with Crippen LogP contribution in [0.15, 0.2) is 30.5 Å². The Hall–Kier alpha value is -2.37. The van der Waals surface area contributed by atoms with Crippen molar-refractivity contribution < 1.29 is 9.53 Å². The Balaban J connectivity index is 1.89. The van der Waals surface area contributed by atoms with Gasteiger partial charge in [0, 0.05) is 13.5 Å². The highest BCUT2D eigenvalue weighted by Gasteiger charge is 2.08. The zero-order valence-electron chi connectivity index (χ0n) is 11.0. The van der Waals surface area contributed by atoms with Gasteiger partial charge in [0.05, 0.1) is 13.3 Å². The topological polar surface area (TPSA) is 69.0 Å². The van der Waals surface area contributed by atoms with Crippen LogP contribution >= 0.6 is 0 Å². The first-order valence-electron chi connectivity index (χ1n) is 5.97. The lowest BCUT2D eigenvalue weighted by atomic mass is 10.1. The van der Waals surface area contributed by atoms with E-state index in [9.17, 15) is 4.79 Å². The van der Waals surface area contributed by atoms with Crippen LogP contribution in [0.1, 0.15) is 12.0 Å². The number of nitrogens with one attached hydrogen (secondary N) is 1. The van der Waals surface area contributed by atoms with Crippen molar-refractivity contribution >= 4 is 11.7 Å². The average Bonchev–Trinajstić information content (AvgIpc) is 2.82. The molecule has 0 saturated heterocycles. The molecule has 0 bridgehead atoms. The molecule has 0 aliphatic heterocycles. The second-order valence-electron chi connectivity index (χ2n) is 4.08. The lowest BCUT2D eigenvalue weighted by Crippen LogP contribution is -2.13. The van der Waals surface area contributed by atoms with Crippen molar-refractivity contribution in [3.63, 3.8) is 0 Å². The second-order valence-corrected chi connectivity index (χ2v) is 4.08. The highest BCUT2D eigenvalue weighted by Crippen LogP contribution is 2.18. The van der Waals surface area contributed by atoms with E-state index >= 15 is 0 Å². The fourth-order valence-electron chi connectivity index (χ4n) is 1.77. The molecule has 6 nitrogen and oxygen atoms in total. The van der Waals surface area contributed by atoms with Gasteiger partial charge in [-0.3, -0.25) is 4.79 Å². The summed E-state index contributed by atoms with van der Waals surface area (Å²) in [5.74, 6) is 1.17. The van der Waals surface area contributed by atoms with Crippen LogP contribution in [0.5, 0.6) is 5.75 Å². The van der Waals surface area contributed by atoms with Crippen LogP contribution < -0.4 is 10.1 Å². The molecule has 100 valence electrons. The van der Waals surface area contributed by atoms with Crippen molar-refractivity contribution in [3.8, 4) is 5.75 Å². The SMILES string of the molecule is COc1ccccc1CCC(=O)Nc1cnn(C)n1. The standard InChI is InChI=1S/C13H16N4O2/c1-17-14-9-12(16-17)15-13(18)8-7-10-5-3-4-6-11(10)19-2/h3-6,9H,7-8H2,1-2H3,(H,15,16,18). The van der Waals surface area contributed by atoms with Crippen LogP contribution in [-0.2, 0) is 18.3 Å². The van der Waals surface area contributed by atoms with Gasteiger partial charge in [-0.25, -0.2) is 0 Å². The van der Waals surface area contributed by atoms with Crippen molar-refractivity contribution in [3.05, 3.63) is 36.0 Å². The number of ether oxygens (including phenoxy) is 1. The smallest absolute Gasteiger partial charge is 0.225 e. The number of hydrogen-bond acceptors (Lipinski definition) is 4. The Bertz CT molecular complexity index is 565. The van der Waals surface area contributed by atoms with Crippen molar-refractivity contribution in [1.82, 2.24) is 15.0 Å². The molecule has 0 fully saturated rings. The van der Waals surface area contributed by atoms with Gasteiger partial charge in [0.15, 0.2) is 5.82 Å². The highest BCUT2D eigenvalue weighted by atomic mass is 16.5. The minimum Gasteiger partial charge on any atom is -0.496 e. The number of anilines is 1. The molecule has 0 aliphatic rings. The minimum absolute atomic E-state index is 0.0913. The monoisotopic (exact) mass is 260 g/mol. The summed E-state index contributed by atoms with van der Waals surface area (Å²) >= 11 is 0. The van der Waals surface area contributed by atoms with E-state index in [2.05, 4.69) is 15.5 Å². The zero-order chi connectivity index (χ0) is 13.7. The summed E-state index contributed by atoms with van der Waals surface area (Å²) in [6.45, 7) is 0. The van der Waals surface area contributed by atoms with Gasteiger partial charge < -0.3 is 10.1 Å². The van der Waals surface area contributed by atoms with Gasteiger partial charge in [-0.1, -0.05) is 18.2 Å². The van der Waals surface area contributed by atoms with E-state index in [4.69, 9.17) is 4.74 Å². The molecular weight excluding hydrogens is 244 g/mol. The summed E-state index contributed by atoms with van der Waals surface area (Å²) in [5.41, 5.74) is 1.01. The lowest BCUT2D eigenvalue weighted by molar-refractivity contribution is -0.116. The van der Waals surface area contributed by atoms with E-state index in [0.29, 0.717) is 18.7 Å². The Kier molecular flexibility index (Phi) is 4.12. The molecule has 1 amide bonds. The van der Waals surface area contributed by atoms with Crippen molar-refractivity contribution in [2.24, 2.45) is 7.05 Å². The van der Waals surface area contributed by atoms with Gasteiger partial charge in [0.2, 0.25) is 5.91 Å². The van der Waals surface area contributed by atoms with E-state index in [1.165, 1.54) is 11.0 Å². The van der Waals surface area contributed by atoms with Crippen molar-refractivity contribution in [2.45, 2.75) is 12.8 Å². The molecule has 0 atom stereocenters. The van der Waals surface area contributed by atoms with E-state index < -0.39 is 0 Å². The van der Waals surface area contributed by atoms with Crippen LogP contribution in [0.3, 0.4) is 0 Å². The zero-order valence-corrected chi connectivity index (χ0v) is 11.0. The number of carbonyl (C=O) groups excluding carboxylic acids is 1. The third-order valence-electron chi connectivity index (χ3n) is 2.68. The minimum atomic E-state index is -0.0913. The number of nitrogens with zero attached hydrogens (tertiary/aromatic N) is 3. The third kappa shape index (κ3) is 3.54. The van der Waals surface area contributed by atoms with E-state index in [1.807, 2.05) is 24.3 Å². The molecule has 0 saturated carbocycles. The number of methoxy groups -OCH3 is 1. The molecule has 0 unspecified atom stereocenters. The fraction of sp³-hybridized carbons (Fsp3) is 0.308. The van der Waals surface area contributed by atoms with E-state index in [0.717, 1.165) is 11.3 Å². The van der Waals surface area contributed by atoms with Crippen molar-refractivity contribution in [2.75, 3.05) is 12.4 Å². The Morgan fingerprint density at radius 2 is 2.21 bits per heavy atom. The lowest BCUT2D eigenvalue weighted by Gasteiger charge is -2.07. The number of carbonyl (C=O) groups is 1. The average molecular weight is 260 g/mol. The van der Waals surface area contributed by atoms with Crippen LogP contribution in [0.2, 0.25) is 0 Å². The predicted octanol–water partition coefficient (Wildman–Crippen LogP) is 1.39. The van der Waals surface area contributed by atoms with Gasteiger partial charge >= 0.3 is 0 Å². The first-order valence-corrected chi connectivity index (χ1v) is 5.97. The molecule has 1 heterocycles. The summed E-state index contributed by atoms with van der Waals surface area (Å²) in [6.07, 6.45) is 2.51. The molecule has 2 rings (SSSR count). The first kappa shape index (κ1) is 13.1. The van der Waals surface area contributed by atoms with Crippen LogP contribution in [0, 0.1) is 0 Å². The normalized spacial score (nSPS) is 10.2. The summed E-state index contributed by atoms with van der Waals surface area (Å²) in [6, 6.07) is 7.67. The summed E-state index contributed by atoms with van der Waals surface area (Å²) < 4.78 is 5.24. The van der Waals surface area contributed by atoms with Gasteiger partial charge in [0.1, 0.15) is 5.75 Å². The quantitative estimate of drug-likeness (QED) is 0.882. The molecule has 0 radical (unpaired) electrons. The van der Waals surface area contributed by atoms with Crippen LogP contribution in [0.4, 0.5) is 5.82 Å². The number of aromatic nitrogens is 3. The number of aryl methyl sites for hydroxylation is 2. The molecule has 1 aromatic carbocycles. The Morgan fingerprint density at radius 3 is 2.89 bits per heavy atom. The van der Waals surface area contributed by atoms with E-state index in [-0.39, 0.29) is 5.91 Å². The van der Waals surface area contributed by atoms with Gasteiger partial charge in [0.25, 0.3) is 0 Å². The molecule has 0 aliphatic carbocycles. The summed E-state index contributed by atoms with van der Waals surface area (Å²) in [5, 5.41) is 10.6. The predicted molar refractivity (Wildman–Crippen MR) is 70.9 cm³/mol. The maximum Gasteiger partial charge on any atom is 0.225 e. The van der Waals surface area contributed by atoms with Gasteiger partial charge in [-0.15, -0.1) is 5.10 Å².